The lowest BCUT2D eigenvalue weighted by Gasteiger charge is -2.29. The summed E-state index contributed by atoms with van der Waals surface area (Å²) < 4.78 is 0. The van der Waals surface area contributed by atoms with Crippen LogP contribution in [0.4, 0.5) is 0 Å². The number of aliphatic hydroxyl groups excluding tert-OH is 3. The summed E-state index contributed by atoms with van der Waals surface area (Å²) in [5, 5.41) is 74.7. The summed E-state index contributed by atoms with van der Waals surface area (Å²) in [4.78, 5) is 215. The van der Waals surface area contributed by atoms with Crippen LogP contribution in [0.3, 0.4) is 0 Å². The van der Waals surface area contributed by atoms with Gasteiger partial charge in [-0.1, -0.05) is 92.1 Å². The Kier molecular flexibility index (Phi) is 46.8. The van der Waals surface area contributed by atoms with Crippen LogP contribution < -0.4 is 115 Å². The number of carbonyl (C=O) groups is 15. The van der Waals surface area contributed by atoms with Crippen molar-refractivity contribution in [3.63, 3.8) is 0 Å². The minimum absolute atomic E-state index is 0.00542. The van der Waals surface area contributed by atoms with Gasteiger partial charge in [0.05, 0.1) is 45.0 Å². The number of carboxylic acid groups (broad SMARTS) is 1. The van der Waals surface area contributed by atoms with Gasteiger partial charge in [-0.3, -0.25) is 82.1 Å². The van der Waals surface area contributed by atoms with Gasteiger partial charge in [-0.15, -0.1) is 0 Å². The molecule has 0 aliphatic heterocycles. The second-order valence-electron chi connectivity index (χ2n) is 28.4. The van der Waals surface area contributed by atoms with Crippen molar-refractivity contribution in [2.45, 2.75) is 219 Å². The number of nitrogens with zero attached hydrogens (tertiary/aromatic N) is 3. The molecule has 0 unspecified atom stereocenters. The normalized spacial score (nSPS) is 14.8. The summed E-state index contributed by atoms with van der Waals surface area (Å²) in [6, 6.07) is -7.58. The number of hydrogen-bond donors (Lipinski definition) is 25. The van der Waals surface area contributed by atoms with E-state index in [1.165, 1.54) is 0 Å². The van der Waals surface area contributed by atoms with E-state index in [-0.39, 0.29) is 119 Å². The molecule has 0 saturated heterocycles. The lowest BCUT2D eigenvalue weighted by atomic mass is 9.97. The number of aliphatic imine (C=N–C) groups is 3. The highest BCUT2D eigenvalue weighted by Crippen LogP contribution is 2.16. The number of carboxylic acids is 1. The molecule has 1 rings (SSSR count). The first-order chi connectivity index (χ1) is 53.0. The average Bonchev–Trinajstić information content (AvgIpc) is 0.850. The zero-order valence-electron chi connectivity index (χ0n) is 65.9. The van der Waals surface area contributed by atoms with Crippen molar-refractivity contribution < 1.29 is 92.3 Å². The van der Waals surface area contributed by atoms with E-state index in [1.807, 2.05) is 0 Å². The second kappa shape index (κ2) is 53.0. The standard InChI is InChI=1S/C70H122N24O19/c1-11-38(8)54(66(111)91-49(34-95)67(112)113)93-59(104)44(22-17-25-80-70(76)77)86-60(105)45(26-35(2)3)88-61(106)46(27-36(4)5)87-58(103)43(21-16-24-79-69(74)75)85-52(100)33-83-64(109)55(39(9)96)92-53(101)32-81-51(99)31-82-65(110)56(40(10)97)94-63(108)47(28-37(6)7)89-62(107)48(29-41-18-13-12-14-19-41)90-57(102)42(84-50(98)30-71)20-15-23-78-68(72)73/h12-14,18-19,35-40,42-49,54-56,95-97H,11,15-17,20-34,71H2,1-10H3,(H,81,99)(H,82,110)(H,83,109)(H,84,98)(H,85,100)(H,86,105)(H,87,103)(H,88,106)(H,89,107)(H,90,102)(H,91,111)(H,92,101)(H,93,104)(H,94,108)(H,112,113)(H4,72,73,78)(H4,74,75,79)(H4,76,77,80)/t38-,39+,40+,42-,43-,44-,45-,46-,47-,48-,49-,54-,55-,56-/m0/s1. The molecule has 0 aliphatic rings. The zero-order chi connectivity index (χ0) is 85.8. The molecule has 43 nitrogen and oxygen atoms in total. The third-order valence-electron chi connectivity index (χ3n) is 16.9. The Labute approximate surface area is 656 Å². The molecule has 0 aromatic heterocycles. The molecule has 0 fully saturated rings. The number of nitrogens with one attached hydrogen (secondary N) is 14. The third kappa shape index (κ3) is 41.1. The maximum atomic E-state index is 14.4. The fourth-order valence-corrected chi connectivity index (χ4v) is 10.8. The second-order valence-corrected chi connectivity index (χ2v) is 28.4. The van der Waals surface area contributed by atoms with Gasteiger partial charge in [-0.25, -0.2) is 4.79 Å². The van der Waals surface area contributed by atoms with Crippen LogP contribution in [0.25, 0.3) is 0 Å². The van der Waals surface area contributed by atoms with Crippen LogP contribution in [-0.4, -0.2) is 258 Å². The molecule has 0 radical (unpaired) electrons. The van der Waals surface area contributed by atoms with Crippen LogP contribution in [0, 0.1) is 23.7 Å². The number of aliphatic carboxylic acids is 1. The van der Waals surface area contributed by atoms with Crippen LogP contribution in [0.1, 0.15) is 139 Å². The van der Waals surface area contributed by atoms with E-state index in [9.17, 15) is 92.3 Å². The molecule has 636 valence electrons. The Morgan fingerprint density at radius 3 is 1.10 bits per heavy atom. The summed E-state index contributed by atoms with van der Waals surface area (Å²) in [6.07, 6.45) is -2.93. The molecule has 43 heteroatoms. The first kappa shape index (κ1) is 99.9. The third-order valence-corrected chi connectivity index (χ3v) is 16.9. The van der Waals surface area contributed by atoms with Crippen molar-refractivity contribution >= 4 is 107 Å². The van der Waals surface area contributed by atoms with Crippen molar-refractivity contribution in [3.05, 3.63) is 35.9 Å². The van der Waals surface area contributed by atoms with Crippen molar-refractivity contribution in [3.8, 4) is 0 Å². The summed E-state index contributed by atoms with van der Waals surface area (Å²) >= 11 is 0. The minimum atomic E-state index is -1.77. The number of aliphatic hydroxyl groups is 3. The summed E-state index contributed by atoms with van der Waals surface area (Å²) in [5.41, 5.74) is 39.0. The van der Waals surface area contributed by atoms with Crippen LogP contribution in [0.15, 0.2) is 45.3 Å². The topological polar surface area (TPSA) is 725 Å². The van der Waals surface area contributed by atoms with Crippen molar-refractivity contribution in [1.82, 2.24) is 74.4 Å². The number of hydrogen-bond acceptors (Lipinski definition) is 22. The molecule has 0 aliphatic carbocycles. The van der Waals surface area contributed by atoms with Gasteiger partial charge < -0.3 is 135 Å². The quantitative estimate of drug-likeness (QED) is 0.0164. The molecule has 14 amide bonds. The zero-order valence-corrected chi connectivity index (χ0v) is 65.9. The molecule has 1 aromatic carbocycles. The Morgan fingerprint density at radius 1 is 0.381 bits per heavy atom. The summed E-state index contributed by atoms with van der Waals surface area (Å²) in [6.45, 7) is 12.1. The number of guanidine groups is 3. The molecule has 0 spiro atoms. The van der Waals surface area contributed by atoms with E-state index < -0.39 is 206 Å². The largest absolute Gasteiger partial charge is 0.480 e. The van der Waals surface area contributed by atoms with E-state index in [0.717, 1.165) is 13.8 Å². The van der Waals surface area contributed by atoms with Gasteiger partial charge in [0.1, 0.15) is 66.5 Å². The number of benzene rings is 1. The lowest BCUT2D eigenvalue weighted by molar-refractivity contribution is -0.143. The summed E-state index contributed by atoms with van der Waals surface area (Å²) in [5.74, 6) is -16.6. The Balaban J connectivity index is 3.30. The number of carbonyl (C=O) groups excluding carboxylic acids is 14. The molecule has 113 heavy (non-hydrogen) atoms. The maximum Gasteiger partial charge on any atom is 0.328 e. The molecule has 1 aromatic rings. The van der Waals surface area contributed by atoms with E-state index >= 15 is 0 Å². The Morgan fingerprint density at radius 2 is 0.708 bits per heavy atom. The van der Waals surface area contributed by atoms with Gasteiger partial charge in [0.25, 0.3) is 0 Å². The van der Waals surface area contributed by atoms with Crippen molar-refractivity contribution in [1.29, 1.82) is 0 Å². The fraction of sp³-hybridized carbons (Fsp3) is 0.657. The predicted molar refractivity (Wildman–Crippen MR) is 415 cm³/mol. The Bertz CT molecular complexity index is 3390. The van der Waals surface area contributed by atoms with Gasteiger partial charge in [0.2, 0.25) is 82.7 Å². The van der Waals surface area contributed by atoms with E-state index in [1.54, 1.807) is 85.7 Å². The highest BCUT2D eigenvalue weighted by molar-refractivity contribution is 6.00. The molecule has 0 saturated carbocycles. The highest BCUT2D eigenvalue weighted by atomic mass is 16.4. The molecular formula is C70H122N24O19. The van der Waals surface area contributed by atoms with Gasteiger partial charge in [-0.05, 0) is 101 Å². The lowest BCUT2D eigenvalue weighted by Crippen LogP contribution is -2.60. The average molecular weight is 1600 g/mol. The van der Waals surface area contributed by atoms with Gasteiger partial charge in [0, 0.05) is 26.1 Å². The van der Waals surface area contributed by atoms with E-state index in [2.05, 4.69) is 89.4 Å². The number of amides is 14. The predicted octanol–water partition coefficient (Wildman–Crippen LogP) is -8.95. The van der Waals surface area contributed by atoms with Crippen LogP contribution in [0.2, 0.25) is 0 Å². The molecule has 0 bridgehead atoms. The van der Waals surface area contributed by atoms with Crippen molar-refractivity contribution in [2.75, 3.05) is 52.4 Å². The van der Waals surface area contributed by atoms with E-state index in [0.29, 0.717) is 12.0 Å². The first-order valence-electron chi connectivity index (χ1n) is 37.3. The Hall–Kier alpha value is -11.1. The minimum Gasteiger partial charge on any atom is -0.480 e. The molecule has 32 N–H and O–H groups in total. The number of nitrogens with two attached hydrogens (primary N) is 7. The SMILES string of the molecule is CC[C@H](C)[C@H](NC(=O)[C@H](CCCN=C(N)N)NC(=O)[C@H](CC(C)C)NC(=O)[C@H](CC(C)C)NC(=O)[C@H](CCCN=C(N)N)NC(=O)CNC(=O)[C@@H](NC(=O)CNC(=O)CNC(=O)[C@@H](NC(=O)[C@H](CC(C)C)NC(=O)[C@H](Cc1ccccc1)NC(=O)[C@H](CCCN=C(N)N)NC(=O)CN)[C@@H](C)O)[C@@H](C)O)C(=O)N[C@@H](CO)C(=O)O. The molecule has 0 heterocycles. The van der Waals surface area contributed by atoms with Gasteiger partial charge in [0.15, 0.2) is 17.9 Å². The summed E-state index contributed by atoms with van der Waals surface area (Å²) in [7, 11) is 0. The van der Waals surface area contributed by atoms with E-state index in [4.69, 9.17) is 40.1 Å². The van der Waals surface area contributed by atoms with Crippen LogP contribution in [-0.2, 0) is 78.3 Å². The first-order valence-corrected chi connectivity index (χ1v) is 37.3. The highest BCUT2D eigenvalue weighted by Gasteiger charge is 2.38. The molecular weight excluding hydrogens is 1480 g/mol. The van der Waals surface area contributed by atoms with Crippen LogP contribution >= 0.6 is 0 Å². The maximum absolute atomic E-state index is 14.4. The number of rotatable bonds is 54. The van der Waals surface area contributed by atoms with Crippen LogP contribution in [0.5, 0.6) is 0 Å². The van der Waals surface area contributed by atoms with Gasteiger partial charge >= 0.3 is 5.97 Å². The van der Waals surface area contributed by atoms with Crippen molar-refractivity contribution in [2.24, 2.45) is 78.8 Å². The monoisotopic (exact) mass is 1600 g/mol. The smallest absolute Gasteiger partial charge is 0.328 e. The fourth-order valence-electron chi connectivity index (χ4n) is 10.8. The van der Waals surface area contributed by atoms with Gasteiger partial charge in [-0.2, -0.15) is 0 Å². The molecule has 14 atom stereocenters.